The largest absolute Gasteiger partial charge is 0.306 e. The molecule has 15 heavy (non-hydrogen) atoms. The second-order valence-corrected chi connectivity index (χ2v) is 5.29. The van der Waals surface area contributed by atoms with Crippen molar-refractivity contribution in [1.82, 2.24) is 19.7 Å². The third kappa shape index (κ3) is 2.46. The monoisotopic (exact) mass is 226 g/mol. The summed E-state index contributed by atoms with van der Waals surface area (Å²) in [6, 6.07) is 0. The molecule has 0 bridgehead atoms. The molecule has 2 heterocycles. The lowest BCUT2D eigenvalue weighted by Gasteiger charge is -2.37. The second kappa shape index (κ2) is 4.06. The molecule has 1 fully saturated rings. The predicted molar refractivity (Wildman–Crippen MR) is 62.2 cm³/mol. The van der Waals surface area contributed by atoms with Crippen molar-refractivity contribution in [2.45, 2.75) is 26.3 Å². The van der Waals surface area contributed by atoms with Crippen LogP contribution >= 0.6 is 12.2 Å². The van der Waals surface area contributed by atoms with Gasteiger partial charge < -0.3 is 9.47 Å². The van der Waals surface area contributed by atoms with E-state index in [4.69, 9.17) is 12.2 Å². The fourth-order valence-corrected chi connectivity index (χ4v) is 2.28. The SMILES string of the molecule is CN1CCC(C)(Cn2cn[nH]c2=S)CC1. The van der Waals surface area contributed by atoms with E-state index in [2.05, 4.69) is 29.1 Å². The van der Waals surface area contributed by atoms with Crippen LogP contribution in [0.15, 0.2) is 6.33 Å². The van der Waals surface area contributed by atoms with Crippen LogP contribution in [0.3, 0.4) is 0 Å². The molecule has 0 unspecified atom stereocenters. The molecular weight excluding hydrogens is 208 g/mol. The van der Waals surface area contributed by atoms with Crippen LogP contribution in [0.5, 0.6) is 0 Å². The van der Waals surface area contributed by atoms with Gasteiger partial charge in [0.1, 0.15) is 6.33 Å². The normalized spacial score (nSPS) is 21.7. The molecule has 1 N–H and O–H groups in total. The molecule has 0 amide bonds. The number of rotatable bonds is 2. The first-order chi connectivity index (χ1) is 7.09. The quantitative estimate of drug-likeness (QED) is 0.779. The summed E-state index contributed by atoms with van der Waals surface area (Å²) in [7, 11) is 2.18. The predicted octanol–water partition coefficient (Wildman–Crippen LogP) is 1.67. The van der Waals surface area contributed by atoms with E-state index in [1.54, 1.807) is 6.33 Å². The van der Waals surface area contributed by atoms with E-state index in [9.17, 15) is 0 Å². The Balaban J connectivity index is 2.05. The number of likely N-dealkylation sites (tertiary alicyclic amines) is 1. The van der Waals surface area contributed by atoms with Crippen molar-refractivity contribution in [2.24, 2.45) is 5.41 Å². The highest BCUT2D eigenvalue weighted by Gasteiger charge is 2.29. The highest BCUT2D eigenvalue weighted by molar-refractivity contribution is 7.71. The summed E-state index contributed by atoms with van der Waals surface area (Å²) >= 11 is 5.16. The Morgan fingerprint density at radius 1 is 1.53 bits per heavy atom. The molecule has 0 radical (unpaired) electrons. The molecule has 0 atom stereocenters. The second-order valence-electron chi connectivity index (χ2n) is 4.90. The van der Waals surface area contributed by atoms with Crippen LogP contribution in [0.4, 0.5) is 0 Å². The van der Waals surface area contributed by atoms with E-state index >= 15 is 0 Å². The van der Waals surface area contributed by atoms with Crippen molar-refractivity contribution in [3.8, 4) is 0 Å². The standard InChI is InChI=1S/C10H18N4S/c1-10(3-5-13(2)6-4-10)7-14-8-11-12-9(14)15/h8H,3-7H2,1-2H3,(H,12,15). The van der Waals surface area contributed by atoms with E-state index in [1.165, 1.54) is 25.9 Å². The molecule has 1 aliphatic heterocycles. The van der Waals surface area contributed by atoms with E-state index in [0.717, 1.165) is 11.3 Å². The number of piperidine rings is 1. The molecule has 0 aliphatic carbocycles. The molecule has 1 aliphatic rings. The van der Waals surface area contributed by atoms with Gasteiger partial charge in [-0.25, -0.2) is 0 Å². The minimum atomic E-state index is 0.370. The Kier molecular flexibility index (Phi) is 2.93. The molecule has 1 aromatic rings. The summed E-state index contributed by atoms with van der Waals surface area (Å²) in [5.41, 5.74) is 0.370. The number of nitrogens with one attached hydrogen (secondary N) is 1. The fraction of sp³-hybridized carbons (Fsp3) is 0.800. The van der Waals surface area contributed by atoms with Crippen LogP contribution in [0.1, 0.15) is 19.8 Å². The minimum Gasteiger partial charge on any atom is -0.306 e. The maximum atomic E-state index is 5.16. The first kappa shape index (κ1) is 10.8. The van der Waals surface area contributed by atoms with Crippen molar-refractivity contribution in [3.63, 3.8) is 0 Å². The molecule has 0 aromatic carbocycles. The van der Waals surface area contributed by atoms with E-state index < -0.39 is 0 Å². The van der Waals surface area contributed by atoms with Crippen LogP contribution in [0.25, 0.3) is 0 Å². The summed E-state index contributed by atoms with van der Waals surface area (Å²) in [5, 5.41) is 6.76. The summed E-state index contributed by atoms with van der Waals surface area (Å²) in [6.45, 7) is 5.69. The summed E-state index contributed by atoms with van der Waals surface area (Å²) < 4.78 is 2.77. The number of aromatic amines is 1. The van der Waals surface area contributed by atoms with Crippen molar-refractivity contribution in [1.29, 1.82) is 0 Å². The van der Waals surface area contributed by atoms with Gasteiger partial charge in [-0.3, -0.25) is 5.10 Å². The highest BCUT2D eigenvalue weighted by atomic mass is 32.1. The van der Waals surface area contributed by atoms with E-state index in [-0.39, 0.29) is 0 Å². The van der Waals surface area contributed by atoms with Gasteiger partial charge in [0, 0.05) is 6.54 Å². The lowest BCUT2D eigenvalue weighted by Crippen LogP contribution is -2.38. The maximum Gasteiger partial charge on any atom is 0.194 e. The zero-order valence-corrected chi connectivity index (χ0v) is 10.2. The van der Waals surface area contributed by atoms with Gasteiger partial charge in [0.05, 0.1) is 0 Å². The highest BCUT2D eigenvalue weighted by Crippen LogP contribution is 2.31. The Morgan fingerprint density at radius 2 is 2.20 bits per heavy atom. The van der Waals surface area contributed by atoms with Crippen LogP contribution < -0.4 is 0 Å². The third-order valence-corrected chi connectivity index (χ3v) is 3.69. The summed E-state index contributed by atoms with van der Waals surface area (Å²) in [5.74, 6) is 0. The van der Waals surface area contributed by atoms with Gasteiger partial charge in [-0.05, 0) is 50.6 Å². The number of aromatic nitrogens is 3. The average molecular weight is 226 g/mol. The maximum absolute atomic E-state index is 5.16. The number of hydrogen-bond acceptors (Lipinski definition) is 3. The first-order valence-electron chi connectivity index (χ1n) is 5.37. The van der Waals surface area contributed by atoms with Crippen molar-refractivity contribution < 1.29 is 0 Å². The Morgan fingerprint density at radius 3 is 2.73 bits per heavy atom. The zero-order chi connectivity index (χ0) is 10.9. The van der Waals surface area contributed by atoms with Gasteiger partial charge in [-0.1, -0.05) is 6.92 Å². The molecule has 0 saturated carbocycles. The Labute approximate surface area is 95.3 Å². The molecule has 1 aromatic heterocycles. The number of H-pyrrole nitrogens is 1. The van der Waals surface area contributed by atoms with E-state index in [0.29, 0.717) is 5.41 Å². The summed E-state index contributed by atoms with van der Waals surface area (Å²) in [4.78, 5) is 2.39. The van der Waals surface area contributed by atoms with Gasteiger partial charge in [0.15, 0.2) is 4.77 Å². The number of nitrogens with zero attached hydrogens (tertiary/aromatic N) is 3. The Hall–Kier alpha value is -0.680. The third-order valence-electron chi connectivity index (χ3n) is 3.36. The molecular formula is C10H18N4S. The topological polar surface area (TPSA) is 36.9 Å². The van der Waals surface area contributed by atoms with Gasteiger partial charge in [0.2, 0.25) is 0 Å². The van der Waals surface area contributed by atoms with Crippen molar-refractivity contribution in [3.05, 3.63) is 11.1 Å². The molecule has 0 spiro atoms. The van der Waals surface area contributed by atoms with Crippen LogP contribution in [0, 0.1) is 10.2 Å². The summed E-state index contributed by atoms with van der Waals surface area (Å²) in [6.07, 6.45) is 4.26. The lowest BCUT2D eigenvalue weighted by molar-refractivity contribution is 0.120. The number of hydrogen-bond donors (Lipinski definition) is 1. The Bertz CT molecular complexity index is 373. The smallest absolute Gasteiger partial charge is 0.194 e. The molecule has 84 valence electrons. The molecule has 1 saturated heterocycles. The van der Waals surface area contributed by atoms with Crippen LogP contribution in [-0.2, 0) is 6.54 Å². The van der Waals surface area contributed by atoms with E-state index in [1.807, 2.05) is 4.57 Å². The molecule has 4 nitrogen and oxygen atoms in total. The van der Waals surface area contributed by atoms with Crippen LogP contribution in [0.2, 0.25) is 0 Å². The fourth-order valence-electron chi connectivity index (χ4n) is 2.11. The molecule has 5 heteroatoms. The van der Waals surface area contributed by atoms with Gasteiger partial charge in [-0.2, -0.15) is 5.10 Å². The lowest BCUT2D eigenvalue weighted by atomic mass is 9.80. The first-order valence-corrected chi connectivity index (χ1v) is 5.78. The minimum absolute atomic E-state index is 0.370. The van der Waals surface area contributed by atoms with Gasteiger partial charge >= 0.3 is 0 Å². The van der Waals surface area contributed by atoms with Crippen LogP contribution in [-0.4, -0.2) is 39.8 Å². The van der Waals surface area contributed by atoms with Crippen molar-refractivity contribution in [2.75, 3.05) is 20.1 Å². The van der Waals surface area contributed by atoms with Crippen molar-refractivity contribution >= 4 is 12.2 Å². The zero-order valence-electron chi connectivity index (χ0n) is 9.36. The molecule has 2 rings (SSSR count). The van der Waals surface area contributed by atoms with Gasteiger partial charge in [0.25, 0.3) is 0 Å². The average Bonchev–Trinajstić information content (AvgIpc) is 2.58. The van der Waals surface area contributed by atoms with Gasteiger partial charge in [-0.15, -0.1) is 0 Å².